The van der Waals surface area contributed by atoms with Gasteiger partial charge in [0.1, 0.15) is 6.07 Å². The van der Waals surface area contributed by atoms with E-state index >= 15 is 0 Å². The van der Waals surface area contributed by atoms with Crippen molar-refractivity contribution in [1.82, 2.24) is 15.2 Å². The molecule has 1 aromatic heterocycles. The fraction of sp³-hybridized carbons (Fsp3) is 0.316. The second kappa shape index (κ2) is 7.67. The van der Waals surface area contributed by atoms with E-state index in [4.69, 9.17) is 0 Å². The first-order valence-electron chi connectivity index (χ1n) is 8.36. The average Bonchev–Trinajstić information content (AvgIpc) is 2.67. The van der Waals surface area contributed by atoms with Gasteiger partial charge in [-0.2, -0.15) is 5.26 Å². The monoisotopic (exact) mass is 335 g/mol. The molecule has 0 aliphatic carbocycles. The van der Waals surface area contributed by atoms with Gasteiger partial charge >= 0.3 is 6.03 Å². The number of urea groups is 1. The van der Waals surface area contributed by atoms with Crippen molar-refractivity contribution in [2.75, 3.05) is 31.1 Å². The fourth-order valence-corrected chi connectivity index (χ4v) is 2.89. The maximum atomic E-state index is 12.3. The Hall–Kier alpha value is -3.07. The molecule has 0 unspecified atom stereocenters. The Morgan fingerprint density at radius 2 is 1.96 bits per heavy atom. The first-order chi connectivity index (χ1) is 12.2. The van der Waals surface area contributed by atoms with Crippen molar-refractivity contribution < 1.29 is 4.79 Å². The number of nitriles is 1. The lowest BCUT2D eigenvalue weighted by Crippen LogP contribution is -2.51. The molecular formula is C19H21N5O. The highest BCUT2D eigenvalue weighted by atomic mass is 16.2. The van der Waals surface area contributed by atoms with E-state index in [9.17, 15) is 10.1 Å². The molecule has 0 saturated carbocycles. The Bertz CT molecular complexity index is 773. The Morgan fingerprint density at radius 3 is 2.64 bits per heavy atom. The first kappa shape index (κ1) is 16.8. The smallest absolute Gasteiger partial charge is 0.317 e. The number of anilines is 1. The molecule has 2 aromatic rings. The molecule has 0 radical (unpaired) electrons. The highest BCUT2D eigenvalue weighted by Crippen LogP contribution is 2.21. The average molecular weight is 335 g/mol. The van der Waals surface area contributed by atoms with Crippen LogP contribution in [-0.4, -0.2) is 42.1 Å². The summed E-state index contributed by atoms with van der Waals surface area (Å²) in [4.78, 5) is 20.5. The molecule has 2 amide bonds. The molecule has 6 heteroatoms. The van der Waals surface area contributed by atoms with Crippen molar-refractivity contribution in [1.29, 1.82) is 5.26 Å². The lowest BCUT2D eigenvalue weighted by molar-refractivity contribution is 0.194. The number of para-hydroxylation sites is 1. The van der Waals surface area contributed by atoms with E-state index < -0.39 is 0 Å². The van der Waals surface area contributed by atoms with Crippen LogP contribution in [0.1, 0.15) is 16.8 Å². The highest BCUT2D eigenvalue weighted by molar-refractivity contribution is 5.74. The second-order valence-electron chi connectivity index (χ2n) is 6.07. The Balaban J connectivity index is 1.52. The summed E-state index contributed by atoms with van der Waals surface area (Å²) in [5, 5.41) is 12.2. The van der Waals surface area contributed by atoms with E-state index in [1.54, 1.807) is 6.20 Å². The zero-order valence-electron chi connectivity index (χ0n) is 14.3. The van der Waals surface area contributed by atoms with E-state index in [2.05, 4.69) is 21.3 Å². The van der Waals surface area contributed by atoms with Gasteiger partial charge in [-0.1, -0.05) is 18.2 Å². The minimum atomic E-state index is -0.0613. The standard InChI is InChI=1S/C19H21N5O/c1-15-6-7-16(13-21-15)14-22-19(25)24-10-8-23(9-11-24)18-5-3-2-4-17(18)12-20/h2-7,13H,8-11,14H2,1H3,(H,22,25). The summed E-state index contributed by atoms with van der Waals surface area (Å²) in [7, 11) is 0. The molecule has 1 saturated heterocycles. The molecule has 0 atom stereocenters. The molecule has 1 N–H and O–H groups in total. The molecule has 2 heterocycles. The first-order valence-corrected chi connectivity index (χ1v) is 8.36. The van der Waals surface area contributed by atoms with Gasteiger partial charge in [-0.05, 0) is 30.7 Å². The van der Waals surface area contributed by atoms with Gasteiger partial charge in [0.15, 0.2) is 0 Å². The summed E-state index contributed by atoms with van der Waals surface area (Å²) in [5.74, 6) is 0. The van der Waals surface area contributed by atoms with Crippen LogP contribution in [0.4, 0.5) is 10.5 Å². The van der Waals surface area contributed by atoms with Crippen LogP contribution in [0.25, 0.3) is 0 Å². The van der Waals surface area contributed by atoms with E-state index in [0.29, 0.717) is 25.2 Å². The molecule has 6 nitrogen and oxygen atoms in total. The number of piperazine rings is 1. The molecular weight excluding hydrogens is 314 g/mol. The number of hydrogen-bond acceptors (Lipinski definition) is 4. The van der Waals surface area contributed by atoms with Gasteiger partial charge < -0.3 is 15.1 Å². The maximum Gasteiger partial charge on any atom is 0.317 e. The van der Waals surface area contributed by atoms with Crippen molar-refractivity contribution in [3.05, 3.63) is 59.4 Å². The number of aryl methyl sites for hydroxylation is 1. The van der Waals surface area contributed by atoms with Crippen molar-refractivity contribution in [3.8, 4) is 6.07 Å². The number of hydrogen-bond donors (Lipinski definition) is 1. The lowest BCUT2D eigenvalue weighted by atomic mass is 10.1. The minimum absolute atomic E-state index is 0.0613. The molecule has 25 heavy (non-hydrogen) atoms. The van der Waals surface area contributed by atoms with E-state index in [1.807, 2.05) is 48.2 Å². The summed E-state index contributed by atoms with van der Waals surface area (Å²) in [6.45, 7) is 5.13. The van der Waals surface area contributed by atoms with Crippen molar-refractivity contribution in [2.24, 2.45) is 0 Å². The summed E-state index contributed by atoms with van der Waals surface area (Å²) in [6, 6.07) is 13.7. The summed E-state index contributed by atoms with van der Waals surface area (Å²) in [6.07, 6.45) is 1.78. The van der Waals surface area contributed by atoms with Gasteiger partial charge in [-0.15, -0.1) is 0 Å². The van der Waals surface area contributed by atoms with Crippen LogP contribution in [0.3, 0.4) is 0 Å². The molecule has 1 aromatic carbocycles. The van der Waals surface area contributed by atoms with Gasteiger partial charge in [0.25, 0.3) is 0 Å². The Kier molecular flexibility index (Phi) is 5.14. The van der Waals surface area contributed by atoms with Crippen molar-refractivity contribution >= 4 is 11.7 Å². The topological polar surface area (TPSA) is 72.3 Å². The highest BCUT2D eigenvalue weighted by Gasteiger charge is 2.22. The maximum absolute atomic E-state index is 12.3. The van der Waals surface area contributed by atoms with Crippen LogP contribution in [0.15, 0.2) is 42.6 Å². The van der Waals surface area contributed by atoms with Crippen LogP contribution < -0.4 is 10.2 Å². The number of amides is 2. The number of aromatic nitrogens is 1. The largest absolute Gasteiger partial charge is 0.367 e. The van der Waals surface area contributed by atoms with Gasteiger partial charge in [0.05, 0.1) is 11.3 Å². The summed E-state index contributed by atoms with van der Waals surface area (Å²) >= 11 is 0. The molecule has 0 bridgehead atoms. The van der Waals surface area contributed by atoms with E-state index in [1.165, 1.54) is 0 Å². The molecule has 128 valence electrons. The van der Waals surface area contributed by atoms with Crippen molar-refractivity contribution in [2.45, 2.75) is 13.5 Å². The molecule has 1 aliphatic rings. The third kappa shape index (κ3) is 4.07. The predicted octanol–water partition coefficient (Wildman–Crippen LogP) is 2.29. The number of nitrogens with one attached hydrogen (secondary N) is 1. The third-order valence-corrected chi connectivity index (χ3v) is 4.35. The lowest BCUT2D eigenvalue weighted by Gasteiger charge is -2.36. The van der Waals surface area contributed by atoms with Crippen LogP contribution in [0.5, 0.6) is 0 Å². The minimum Gasteiger partial charge on any atom is -0.367 e. The molecule has 1 fully saturated rings. The number of carbonyl (C=O) groups excluding carboxylic acids is 1. The number of pyridine rings is 1. The van der Waals surface area contributed by atoms with Gasteiger partial charge in [0, 0.05) is 44.6 Å². The quantitative estimate of drug-likeness (QED) is 0.934. The molecule has 3 rings (SSSR count). The van der Waals surface area contributed by atoms with Crippen LogP contribution in [0.2, 0.25) is 0 Å². The Labute approximate surface area is 147 Å². The van der Waals surface area contributed by atoms with E-state index in [-0.39, 0.29) is 6.03 Å². The third-order valence-electron chi connectivity index (χ3n) is 4.35. The van der Waals surface area contributed by atoms with Gasteiger partial charge in [-0.3, -0.25) is 4.98 Å². The summed E-state index contributed by atoms with van der Waals surface area (Å²) < 4.78 is 0. The van der Waals surface area contributed by atoms with Crippen LogP contribution >= 0.6 is 0 Å². The van der Waals surface area contributed by atoms with Gasteiger partial charge in [0.2, 0.25) is 0 Å². The van der Waals surface area contributed by atoms with Crippen LogP contribution in [0, 0.1) is 18.3 Å². The van der Waals surface area contributed by atoms with Gasteiger partial charge in [-0.25, -0.2) is 4.79 Å². The predicted molar refractivity (Wildman–Crippen MR) is 96.2 cm³/mol. The summed E-state index contributed by atoms with van der Waals surface area (Å²) in [5.41, 5.74) is 3.56. The second-order valence-corrected chi connectivity index (χ2v) is 6.07. The number of rotatable bonds is 3. The zero-order valence-corrected chi connectivity index (χ0v) is 14.3. The van der Waals surface area contributed by atoms with Crippen LogP contribution in [-0.2, 0) is 6.54 Å². The van der Waals surface area contributed by atoms with E-state index in [0.717, 1.165) is 30.0 Å². The number of benzene rings is 1. The number of carbonyl (C=O) groups is 1. The van der Waals surface area contributed by atoms with Crippen molar-refractivity contribution in [3.63, 3.8) is 0 Å². The zero-order chi connectivity index (χ0) is 17.6. The normalized spacial score (nSPS) is 14.1. The Morgan fingerprint density at radius 1 is 1.20 bits per heavy atom. The fourth-order valence-electron chi connectivity index (χ4n) is 2.89. The molecule has 1 aliphatic heterocycles. The molecule has 0 spiro atoms. The SMILES string of the molecule is Cc1ccc(CNC(=O)N2CCN(c3ccccc3C#N)CC2)cn1. The number of nitrogens with zero attached hydrogens (tertiary/aromatic N) is 4.